The van der Waals surface area contributed by atoms with Gasteiger partial charge >= 0.3 is 0 Å². The number of carbonyl (C=O) groups excluding carboxylic acids is 1. The second kappa shape index (κ2) is 5.30. The molecule has 3 aromatic rings. The summed E-state index contributed by atoms with van der Waals surface area (Å²) in [7, 11) is 1.67. The van der Waals surface area contributed by atoms with Gasteiger partial charge in [-0.15, -0.1) is 0 Å². The lowest BCUT2D eigenvalue weighted by Crippen LogP contribution is -2.25. The number of rotatable bonds is 2. The monoisotopic (exact) mass is 320 g/mol. The molecule has 120 valence electrons. The van der Waals surface area contributed by atoms with Gasteiger partial charge < -0.3 is 9.32 Å². The Morgan fingerprint density at radius 2 is 2.04 bits per heavy atom. The number of hydrogen-bond acceptors (Lipinski definition) is 4. The molecular weight excluding hydrogens is 304 g/mol. The average Bonchev–Trinajstić information content (AvgIpc) is 2.87. The van der Waals surface area contributed by atoms with Gasteiger partial charge in [0.05, 0.1) is 16.6 Å². The Morgan fingerprint density at radius 1 is 1.21 bits per heavy atom. The summed E-state index contributed by atoms with van der Waals surface area (Å²) in [6, 6.07) is 10.5. The summed E-state index contributed by atoms with van der Waals surface area (Å²) in [5, 5.41) is 0.511. The van der Waals surface area contributed by atoms with Crippen molar-refractivity contribution < 1.29 is 9.21 Å². The fourth-order valence-corrected chi connectivity index (χ4v) is 3.24. The molecule has 0 saturated heterocycles. The van der Waals surface area contributed by atoms with Crippen LogP contribution in [0.2, 0.25) is 0 Å². The topological polar surface area (TPSA) is 63.4 Å². The van der Waals surface area contributed by atoms with Crippen LogP contribution in [0.4, 0.5) is 0 Å². The molecule has 0 radical (unpaired) electrons. The van der Waals surface area contributed by atoms with E-state index >= 15 is 0 Å². The minimum atomic E-state index is -0.514. The van der Waals surface area contributed by atoms with E-state index in [1.807, 2.05) is 31.2 Å². The Kier molecular flexibility index (Phi) is 3.23. The van der Waals surface area contributed by atoms with Gasteiger partial charge in [-0.25, -0.2) is 0 Å². The van der Waals surface area contributed by atoms with Crippen LogP contribution in [-0.2, 0) is 6.42 Å². The highest BCUT2D eigenvalue weighted by atomic mass is 16.3. The number of nitrogens with zero attached hydrogens (tertiary/aromatic N) is 2. The van der Waals surface area contributed by atoms with Crippen LogP contribution in [0.15, 0.2) is 51.8 Å². The number of aromatic nitrogens is 1. The van der Waals surface area contributed by atoms with Gasteiger partial charge in [0.15, 0.2) is 5.43 Å². The Bertz CT molecular complexity index is 1010. The Hall–Kier alpha value is -2.95. The molecule has 5 nitrogen and oxygen atoms in total. The van der Waals surface area contributed by atoms with Gasteiger partial charge in [0.25, 0.3) is 5.91 Å². The molecule has 1 amide bonds. The summed E-state index contributed by atoms with van der Waals surface area (Å²) < 4.78 is 5.80. The molecule has 0 N–H and O–H groups in total. The molecule has 0 spiro atoms. The molecule has 0 saturated carbocycles. The smallest absolute Gasteiger partial charge is 0.290 e. The summed E-state index contributed by atoms with van der Waals surface area (Å²) in [5.74, 6) is -0.172. The van der Waals surface area contributed by atoms with Crippen LogP contribution in [0.1, 0.15) is 40.3 Å². The SMILES string of the molecule is CCc1ccc2oc3c(c(=O)c2c1)C(c1ccccn1)N(C)C3=O. The molecule has 1 aromatic carbocycles. The first-order valence-electron chi connectivity index (χ1n) is 7.89. The number of fused-ring (bicyclic) bond motifs is 2. The van der Waals surface area contributed by atoms with Crippen LogP contribution >= 0.6 is 0 Å². The molecule has 0 fully saturated rings. The van der Waals surface area contributed by atoms with E-state index < -0.39 is 6.04 Å². The van der Waals surface area contributed by atoms with Crippen LogP contribution < -0.4 is 5.43 Å². The number of hydrogen-bond donors (Lipinski definition) is 0. The highest BCUT2D eigenvalue weighted by Gasteiger charge is 2.41. The minimum Gasteiger partial charge on any atom is -0.450 e. The third-order valence-electron chi connectivity index (χ3n) is 4.54. The van der Waals surface area contributed by atoms with E-state index in [1.165, 1.54) is 4.90 Å². The largest absolute Gasteiger partial charge is 0.450 e. The third kappa shape index (κ3) is 1.98. The first kappa shape index (κ1) is 14.6. The molecule has 4 rings (SSSR count). The average molecular weight is 320 g/mol. The van der Waals surface area contributed by atoms with E-state index in [9.17, 15) is 9.59 Å². The predicted molar refractivity (Wildman–Crippen MR) is 90.0 cm³/mol. The lowest BCUT2D eigenvalue weighted by Gasteiger charge is -2.18. The van der Waals surface area contributed by atoms with Crippen LogP contribution in [-0.4, -0.2) is 22.8 Å². The van der Waals surface area contributed by atoms with Crippen molar-refractivity contribution in [2.24, 2.45) is 0 Å². The summed E-state index contributed by atoms with van der Waals surface area (Å²) in [5.41, 5.74) is 2.38. The third-order valence-corrected chi connectivity index (χ3v) is 4.54. The summed E-state index contributed by atoms with van der Waals surface area (Å²) in [4.78, 5) is 31.5. The molecule has 1 unspecified atom stereocenters. The molecule has 1 aliphatic rings. The van der Waals surface area contributed by atoms with Crippen molar-refractivity contribution in [2.75, 3.05) is 7.05 Å². The van der Waals surface area contributed by atoms with Crippen molar-refractivity contribution in [3.05, 3.63) is 75.4 Å². The van der Waals surface area contributed by atoms with Crippen molar-refractivity contribution in [3.8, 4) is 0 Å². The highest BCUT2D eigenvalue weighted by molar-refractivity contribution is 5.98. The Labute approximate surface area is 138 Å². The molecule has 1 aliphatic heterocycles. The van der Waals surface area contributed by atoms with E-state index in [1.54, 1.807) is 25.4 Å². The van der Waals surface area contributed by atoms with Crippen molar-refractivity contribution >= 4 is 16.9 Å². The molecule has 3 heterocycles. The number of amides is 1. The zero-order valence-corrected chi connectivity index (χ0v) is 13.4. The van der Waals surface area contributed by atoms with E-state index in [-0.39, 0.29) is 17.1 Å². The number of aryl methyl sites for hydroxylation is 1. The molecule has 1 atom stereocenters. The van der Waals surface area contributed by atoms with E-state index in [0.717, 1.165) is 12.0 Å². The van der Waals surface area contributed by atoms with Crippen LogP contribution in [0, 0.1) is 0 Å². The van der Waals surface area contributed by atoms with Crippen molar-refractivity contribution in [3.63, 3.8) is 0 Å². The van der Waals surface area contributed by atoms with Crippen LogP contribution in [0.5, 0.6) is 0 Å². The quantitative estimate of drug-likeness (QED) is 0.728. The van der Waals surface area contributed by atoms with Gasteiger partial charge in [0.2, 0.25) is 5.76 Å². The fraction of sp³-hybridized carbons (Fsp3) is 0.211. The van der Waals surface area contributed by atoms with E-state index in [0.29, 0.717) is 22.2 Å². The van der Waals surface area contributed by atoms with Crippen molar-refractivity contribution in [1.82, 2.24) is 9.88 Å². The summed E-state index contributed by atoms with van der Waals surface area (Å²) in [6.45, 7) is 2.03. The van der Waals surface area contributed by atoms with Gasteiger partial charge in [0, 0.05) is 13.2 Å². The highest BCUT2D eigenvalue weighted by Crippen LogP contribution is 2.36. The van der Waals surface area contributed by atoms with Crippen LogP contribution in [0.25, 0.3) is 11.0 Å². The molecular formula is C19H16N2O3. The fourth-order valence-electron chi connectivity index (χ4n) is 3.24. The summed E-state index contributed by atoms with van der Waals surface area (Å²) in [6.07, 6.45) is 2.48. The van der Waals surface area contributed by atoms with Gasteiger partial charge in [-0.2, -0.15) is 0 Å². The van der Waals surface area contributed by atoms with Crippen molar-refractivity contribution in [2.45, 2.75) is 19.4 Å². The number of pyridine rings is 1. The predicted octanol–water partition coefficient (Wildman–Crippen LogP) is 2.93. The van der Waals surface area contributed by atoms with Crippen molar-refractivity contribution in [1.29, 1.82) is 0 Å². The number of benzene rings is 1. The molecule has 5 heteroatoms. The Morgan fingerprint density at radius 3 is 2.75 bits per heavy atom. The zero-order chi connectivity index (χ0) is 16.8. The molecule has 24 heavy (non-hydrogen) atoms. The lowest BCUT2D eigenvalue weighted by molar-refractivity contribution is 0.0769. The summed E-state index contributed by atoms with van der Waals surface area (Å²) >= 11 is 0. The Balaban J connectivity index is 2.04. The second-order valence-corrected chi connectivity index (χ2v) is 5.93. The maximum Gasteiger partial charge on any atom is 0.290 e. The second-order valence-electron chi connectivity index (χ2n) is 5.93. The molecule has 0 bridgehead atoms. The molecule has 0 aliphatic carbocycles. The maximum atomic E-state index is 13.1. The molecule has 2 aromatic heterocycles. The first-order chi connectivity index (χ1) is 11.6. The maximum absolute atomic E-state index is 13.1. The van der Waals surface area contributed by atoms with Gasteiger partial charge in [-0.05, 0) is 36.2 Å². The van der Waals surface area contributed by atoms with Crippen LogP contribution in [0.3, 0.4) is 0 Å². The number of carbonyl (C=O) groups is 1. The first-order valence-corrected chi connectivity index (χ1v) is 7.89. The lowest BCUT2D eigenvalue weighted by atomic mass is 10.0. The normalized spacial score (nSPS) is 16.7. The standard InChI is InChI=1S/C19H16N2O3/c1-3-11-7-8-14-12(10-11)17(22)15-16(13-6-4-5-9-20-13)21(2)19(23)18(15)24-14/h4-10,16H,3H2,1-2H3. The van der Waals surface area contributed by atoms with Gasteiger partial charge in [0.1, 0.15) is 11.6 Å². The minimum absolute atomic E-state index is 0.120. The van der Waals surface area contributed by atoms with E-state index in [4.69, 9.17) is 4.42 Å². The van der Waals surface area contributed by atoms with Gasteiger partial charge in [-0.1, -0.05) is 19.1 Å². The van der Waals surface area contributed by atoms with E-state index in [2.05, 4.69) is 4.98 Å². The van der Waals surface area contributed by atoms with Gasteiger partial charge in [-0.3, -0.25) is 14.6 Å². The zero-order valence-electron chi connectivity index (χ0n) is 13.4.